The molecular formula is C26H21ClF3N5O5S2. The second-order valence-corrected chi connectivity index (χ2v) is 12.6. The number of rotatable bonds is 9. The van der Waals surface area contributed by atoms with E-state index in [1.165, 1.54) is 54.7 Å². The largest absolute Gasteiger partial charge is 0.417 e. The molecular weight excluding hydrogens is 619 g/mol. The average molecular weight is 640 g/mol. The highest BCUT2D eigenvalue weighted by atomic mass is 35.5. The van der Waals surface area contributed by atoms with Crippen LogP contribution in [0, 0.1) is 6.92 Å². The Morgan fingerprint density at radius 3 is 2.21 bits per heavy atom. The number of nitrogens with one attached hydrogen (secondary N) is 2. The van der Waals surface area contributed by atoms with E-state index < -0.39 is 54.9 Å². The lowest BCUT2D eigenvalue weighted by molar-refractivity contribution is -0.137. The van der Waals surface area contributed by atoms with Crippen molar-refractivity contribution in [3.05, 3.63) is 101 Å². The normalized spacial score (nSPS) is 12.0. The Labute approximate surface area is 244 Å². The number of aryl methyl sites for hydroxylation is 1. The fraction of sp³-hybridized carbons (Fsp3) is 0.115. The number of nitrogens with zero attached hydrogens (tertiary/aromatic N) is 3. The van der Waals surface area contributed by atoms with Crippen LogP contribution in [0.5, 0.6) is 0 Å². The van der Waals surface area contributed by atoms with Crippen molar-refractivity contribution >= 4 is 54.9 Å². The van der Waals surface area contributed by atoms with E-state index in [0.29, 0.717) is 16.1 Å². The smallest absolute Gasteiger partial charge is 0.325 e. The van der Waals surface area contributed by atoms with Gasteiger partial charge in [-0.25, -0.2) is 31.5 Å². The van der Waals surface area contributed by atoms with E-state index in [0.717, 1.165) is 12.1 Å². The number of anilines is 3. The number of aromatic nitrogens is 2. The molecule has 10 nitrogen and oxygen atoms in total. The zero-order valence-electron chi connectivity index (χ0n) is 21.5. The minimum absolute atomic E-state index is 0.0925. The van der Waals surface area contributed by atoms with Crippen LogP contribution in [0.15, 0.2) is 94.9 Å². The number of benzene rings is 3. The standard InChI is InChI=1S/C26H21ClF3N5O5S2/c1-17-13-14-31-25(32-17)34-41(37,38)20-10-7-18(8-11-20)33-24(36)16-35(42(39,40)21-5-3-2-4-6-21)19-9-12-23(27)22(15-19)26(28,29)30/h2-15H,16H2,1H3,(H,33,36)(H,31,32,34). The second kappa shape index (κ2) is 12.0. The SMILES string of the molecule is Cc1ccnc(NS(=O)(=O)c2ccc(NC(=O)CN(c3ccc(Cl)c(C(F)(F)F)c3)S(=O)(=O)c3ccccc3)cc2)n1. The van der Waals surface area contributed by atoms with Crippen molar-refractivity contribution in [3.63, 3.8) is 0 Å². The predicted molar refractivity (Wildman–Crippen MR) is 150 cm³/mol. The van der Waals surface area contributed by atoms with Gasteiger partial charge in [0.1, 0.15) is 6.54 Å². The van der Waals surface area contributed by atoms with Gasteiger partial charge in [0.25, 0.3) is 20.0 Å². The average Bonchev–Trinajstić information content (AvgIpc) is 2.92. The number of hydrogen-bond acceptors (Lipinski definition) is 7. The maximum Gasteiger partial charge on any atom is 0.417 e. The van der Waals surface area contributed by atoms with Crippen molar-refractivity contribution in [2.75, 3.05) is 20.9 Å². The summed E-state index contributed by atoms with van der Waals surface area (Å²) < 4.78 is 95.6. The van der Waals surface area contributed by atoms with Crippen molar-refractivity contribution in [3.8, 4) is 0 Å². The van der Waals surface area contributed by atoms with Gasteiger partial charge in [-0.2, -0.15) is 13.2 Å². The van der Waals surface area contributed by atoms with Gasteiger partial charge >= 0.3 is 6.18 Å². The van der Waals surface area contributed by atoms with Gasteiger partial charge in [-0.05, 0) is 67.6 Å². The predicted octanol–water partition coefficient (Wildman–Crippen LogP) is 5.09. The summed E-state index contributed by atoms with van der Waals surface area (Å²) in [6, 6.07) is 15.8. The third-order valence-electron chi connectivity index (χ3n) is 5.63. The van der Waals surface area contributed by atoms with Crippen LogP contribution >= 0.6 is 11.6 Å². The van der Waals surface area contributed by atoms with Gasteiger partial charge in [0, 0.05) is 17.6 Å². The van der Waals surface area contributed by atoms with Gasteiger partial charge < -0.3 is 5.32 Å². The fourth-order valence-electron chi connectivity index (χ4n) is 3.65. The Kier molecular flexibility index (Phi) is 8.75. The number of alkyl halides is 3. The zero-order valence-corrected chi connectivity index (χ0v) is 23.9. The van der Waals surface area contributed by atoms with Crippen molar-refractivity contribution in [1.82, 2.24) is 9.97 Å². The van der Waals surface area contributed by atoms with Crippen LogP contribution in [0.2, 0.25) is 5.02 Å². The minimum atomic E-state index is -4.89. The lowest BCUT2D eigenvalue weighted by Gasteiger charge is -2.25. The van der Waals surface area contributed by atoms with Crippen LogP contribution < -0.4 is 14.3 Å². The van der Waals surface area contributed by atoms with Gasteiger partial charge in [-0.3, -0.25) is 9.10 Å². The first-order valence-corrected chi connectivity index (χ1v) is 15.1. The molecule has 220 valence electrons. The molecule has 4 rings (SSSR count). The van der Waals surface area contributed by atoms with Crippen molar-refractivity contribution in [2.45, 2.75) is 22.9 Å². The summed E-state index contributed by atoms with van der Waals surface area (Å²) in [5.41, 5.74) is -1.10. The molecule has 4 aromatic rings. The molecule has 0 atom stereocenters. The Bertz CT molecular complexity index is 1820. The number of hydrogen-bond donors (Lipinski definition) is 2. The molecule has 2 N–H and O–H groups in total. The summed E-state index contributed by atoms with van der Waals surface area (Å²) in [5.74, 6) is -1.05. The molecule has 42 heavy (non-hydrogen) atoms. The zero-order chi connectivity index (χ0) is 30.7. The molecule has 1 amide bonds. The van der Waals surface area contributed by atoms with E-state index in [-0.39, 0.29) is 21.4 Å². The molecule has 0 spiro atoms. The van der Waals surface area contributed by atoms with E-state index in [2.05, 4.69) is 20.0 Å². The summed E-state index contributed by atoms with van der Waals surface area (Å²) in [6.45, 7) is 0.744. The van der Waals surface area contributed by atoms with Crippen LogP contribution in [0.25, 0.3) is 0 Å². The first kappa shape index (κ1) is 30.7. The molecule has 0 saturated heterocycles. The van der Waals surface area contributed by atoms with E-state index in [9.17, 15) is 34.8 Å². The Morgan fingerprint density at radius 2 is 1.60 bits per heavy atom. The molecule has 0 unspecified atom stereocenters. The summed E-state index contributed by atoms with van der Waals surface area (Å²) in [5, 5.41) is 1.78. The third kappa shape index (κ3) is 7.16. The van der Waals surface area contributed by atoms with Crippen molar-refractivity contribution in [2.24, 2.45) is 0 Å². The highest BCUT2D eigenvalue weighted by molar-refractivity contribution is 7.93. The monoisotopic (exact) mass is 639 g/mol. The Balaban J connectivity index is 1.59. The van der Waals surface area contributed by atoms with E-state index in [4.69, 9.17) is 11.6 Å². The Morgan fingerprint density at radius 1 is 0.929 bits per heavy atom. The molecule has 1 aromatic heterocycles. The van der Waals surface area contributed by atoms with E-state index in [1.807, 2.05) is 0 Å². The number of carbonyl (C=O) groups is 1. The lowest BCUT2D eigenvalue weighted by atomic mass is 10.2. The van der Waals surface area contributed by atoms with Crippen LogP contribution in [0.1, 0.15) is 11.3 Å². The topological polar surface area (TPSA) is 138 Å². The van der Waals surface area contributed by atoms with Crippen molar-refractivity contribution in [1.29, 1.82) is 0 Å². The maximum atomic E-state index is 13.5. The number of amides is 1. The fourth-order valence-corrected chi connectivity index (χ4v) is 6.26. The number of halogens is 4. The molecule has 0 fully saturated rings. The van der Waals surface area contributed by atoms with Crippen LogP contribution in [0.3, 0.4) is 0 Å². The van der Waals surface area contributed by atoms with Gasteiger partial charge in [-0.15, -0.1) is 0 Å². The van der Waals surface area contributed by atoms with E-state index >= 15 is 0 Å². The first-order chi connectivity index (χ1) is 19.7. The summed E-state index contributed by atoms with van der Waals surface area (Å²) >= 11 is 5.71. The number of sulfonamides is 2. The summed E-state index contributed by atoms with van der Waals surface area (Å²) in [6.07, 6.45) is -3.51. The molecule has 0 bridgehead atoms. The number of carbonyl (C=O) groups excluding carboxylic acids is 1. The molecule has 0 aliphatic heterocycles. The van der Waals surface area contributed by atoms with Crippen LogP contribution in [0.4, 0.5) is 30.5 Å². The van der Waals surface area contributed by atoms with Gasteiger partial charge in [0.05, 0.1) is 26.1 Å². The molecule has 16 heteroatoms. The molecule has 0 aliphatic rings. The molecule has 0 saturated carbocycles. The maximum absolute atomic E-state index is 13.5. The van der Waals surface area contributed by atoms with Crippen LogP contribution in [-0.2, 0) is 31.0 Å². The van der Waals surface area contributed by atoms with E-state index in [1.54, 1.807) is 19.1 Å². The van der Waals surface area contributed by atoms with Gasteiger partial charge in [0.2, 0.25) is 11.9 Å². The minimum Gasteiger partial charge on any atom is -0.325 e. The van der Waals surface area contributed by atoms with Crippen molar-refractivity contribution < 1.29 is 34.8 Å². The van der Waals surface area contributed by atoms with Gasteiger partial charge in [0.15, 0.2) is 0 Å². The highest BCUT2D eigenvalue weighted by Crippen LogP contribution is 2.38. The molecule has 0 aliphatic carbocycles. The quantitative estimate of drug-likeness (QED) is 0.260. The lowest BCUT2D eigenvalue weighted by Crippen LogP contribution is -2.38. The highest BCUT2D eigenvalue weighted by Gasteiger charge is 2.35. The molecule has 0 radical (unpaired) electrons. The Hall–Kier alpha value is -4.21. The molecule has 3 aromatic carbocycles. The summed E-state index contributed by atoms with van der Waals surface area (Å²) in [7, 11) is -8.59. The first-order valence-electron chi connectivity index (χ1n) is 11.8. The summed E-state index contributed by atoms with van der Waals surface area (Å²) in [4.78, 5) is 20.3. The third-order valence-corrected chi connectivity index (χ3v) is 9.09. The van der Waals surface area contributed by atoms with Gasteiger partial charge in [-0.1, -0.05) is 29.8 Å². The molecule has 1 heterocycles. The van der Waals surface area contributed by atoms with Crippen LogP contribution in [-0.4, -0.2) is 39.3 Å². The second-order valence-electron chi connectivity index (χ2n) is 8.69.